The van der Waals surface area contributed by atoms with Crippen LogP contribution in [0.2, 0.25) is 19.6 Å². The molecule has 0 bridgehead atoms. The molecule has 0 amide bonds. The maximum atomic E-state index is 12.2. The van der Waals surface area contributed by atoms with Crippen molar-refractivity contribution in [3.05, 3.63) is 47.2 Å². The van der Waals surface area contributed by atoms with Gasteiger partial charge < -0.3 is 0 Å². The van der Waals surface area contributed by atoms with Crippen molar-refractivity contribution in [2.75, 3.05) is 6.54 Å². The summed E-state index contributed by atoms with van der Waals surface area (Å²) >= 11 is 0. The van der Waals surface area contributed by atoms with Gasteiger partial charge in [-0.1, -0.05) is 55.2 Å². The third kappa shape index (κ3) is 3.42. The molecule has 0 N–H and O–H groups in total. The molecule has 0 radical (unpaired) electrons. The third-order valence-corrected chi connectivity index (χ3v) is 6.07. The van der Waals surface area contributed by atoms with E-state index in [1.165, 1.54) is 10.8 Å². The summed E-state index contributed by atoms with van der Waals surface area (Å²) in [7, 11) is -1.39. The van der Waals surface area contributed by atoms with E-state index in [-0.39, 0.29) is 11.8 Å². The molecule has 0 saturated carbocycles. The third-order valence-electron chi connectivity index (χ3n) is 3.84. The summed E-state index contributed by atoms with van der Waals surface area (Å²) in [5.74, 6) is 0.264. The normalized spacial score (nSPS) is 21.4. The van der Waals surface area contributed by atoms with Crippen LogP contribution in [0, 0.1) is 0 Å². The van der Waals surface area contributed by atoms with E-state index in [0.29, 0.717) is 0 Å². The molecule has 0 aromatic heterocycles. The summed E-state index contributed by atoms with van der Waals surface area (Å²) < 4.78 is 0. The van der Waals surface area contributed by atoms with E-state index in [0.717, 1.165) is 13.1 Å². The van der Waals surface area contributed by atoms with Crippen molar-refractivity contribution in [3.8, 4) is 0 Å². The molecule has 19 heavy (non-hydrogen) atoms. The van der Waals surface area contributed by atoms with Gasteiger partial charge >= 0.3 is 0 Å². The van der Waals surface area contributed by atoms with Gasteiger partial charge in [-0.25, -0.2) is 0 Å². The van der Waals surface area contributed by atoms with Crippen molar-refractivity contribution in [1.82, 2.24) is 4.90 Å². The van der Waals surface area contributed by atoms with Crippen LogP contribution in [0.3, 0.4) is 0 Å². The number of rotatable bonds is 3. The zero-order valence-electron chi connectivity index (χ0n) is 12.3. The molecule has 1 heterocycles. The first kappa shape index (κ1) is 14.2. The fraction of sp³-hybridized carbons (Fsp3) is 0.438. The Kier molecular flexibility index (Phi) is 4.06. The first-order valence-corrected chi connectivity index (χ1v) is 10.4. The van der Waals surface area contributed by atoms with Gasteiger partial charge in [0.25, 0.3) is 0 Å². The van der Waals surface area contributed by atoms with Crippen molar-refractivity contribution < 1.29 is 4.79 Å². The maximum Gasteiger partial charge on any atom is 0.172 e. The van der Waals surface area contributed by atoms with Gasteiger partial charge in [0.05, 0.1) is 14.1 Å². The Morgan fingerprint density at radius 3 is 2.42 bits per heavy atom. The quantitative estimate of drug-likeness (QED) is 0.788. The topological polar surface area (TPSA) is 20.3 Å². The van der Waals surface area contributed by atoms with E-state index >= 15 is 0 Å². The van der Waals surface area contributed by atoms with Crippen molar-refractivity contribution in [3.63, 3.8) is 0 Å². The lowest BCUT2D eigenvalue weighted by molar-refractivity contribution is -0.119. The monoisotopic (exact) mass is 273 g/mol. The summed E-state index contributed by atoms with van der Waals surface area (Å²) in [5.41, 5.74) is 1.28. The molecular weight excluding hydrogens is 250 g/mol. The number of benzene rings is 1. The van der Waals surface area contributed by atoms with Crippen LogP contribution in [0.1, 0.15) is 12.5 Å². The Bertz CT molecular complexity index is 487. The fourth-order valence-electron chi connectivity index (χ4n) is 2.34. The Balaban J connectivity index is 2.18. The minimum absolute atomic E-state index is 0.000283. The van der Waals surface area contributed by atoms with Crippen LogP contribution >= 0.6 is 0 Å². The molecule has 1 aliphatic rings. The largest absolute Gasteiger partial charge is 0.293 e. The van der Waals surface area contributed by atoms with Crippen LogP contribution in [0.5, 0.6) is 0 Å². The molecule has 0 aliphatic carbocycles. The average molecular weight is 273 g/mol. The van der Waals surface area contributed by atoms with Crippen LogP contribution in [0.15, 0.2) is 41.6 Å². The molecule has 1 aromatic carbocycles. The Hall–Kier alpha value is -1.19. The van der Waals surface area contributed by atoms with Gasteiger partial charge in [0.1, 0.15) is 0 Å². The van der Waals surface area contributed by atoms with Gasteiger partial charge in [-0.15, -0.1) is 0 Å². The minimum atomic E-state index is -1.39. The summed E-state index contributed by atoms with van der Waals surface area (Å²) in [5, 5.41) is 1.37. The SMILES string of the molecule is CC1C(=O)C=C([Si](C)(C)C)CN1Cc1ccccc1. The molecule has 2 nitrogen and oxygen atoms in total. The first-order chi connectivity index (χ1) is 8.88. The Labute approximate surface area is 117 Å². The molecule has 0 saturated heterocycles. The van der Waals surface area contributed by atoms with Crippen molar-refractivity contribution in [1.29, 1.82) is 0 Å². The van der Waals surface area contributed by atoms with E-state index < -0.39 is 8.07 Å². The van der Waals surface area contributed by atoms with Gasteiger partial charge in [-0.3, -0.25) is 9.69 Å². The van der Waals surface area contributed by atoms with Gasteiger partial charge in [0.2, 0.25) is 0 Å². The number of nitrogens with zero attached hydrogens (tertiary/aromatic N) is 1. The number of ketones is 1. The molecule has 102 valence electrons. The Morgan fingerprint density at radius 1 is 1.21 bits per heavy atom. The van der Waals surface area contributed by atoms with Crippen molar-refractivity contribution in [2.24, 2.45) is 0 Å². The second kappa shape index (κ2) is 5.43. The van der Waals surface area contributed by atoms with E-state index in [1.807, 2.05) is 19.1 Å². The number of carbonyl (C=O) groups excluding carboxylic acids is 1. The molecule has 0 fully saturated rings. The van der Waals surface area contributed by atoms with Gasteiger partial charge in [0, 0.05) is 13.1 Å². The fourth-order valence-corrected chi connectivity index (χ4v) is 3.59. The minimum Gasteiger partial charge on any atom is -0.293 e. The first-order valence-electron chi connectivity index (χ1n) is 6.91. The molecular formula is C16H23NOSi. The molecule has 1 unspecified atom stereocenters. The van der Waals surface area contributed by atoms with E-state index in [2.05, 4.69) is 48.8 Å². The predicted molar refractivity (Wildman–Crippen MR) is 82.8 cm³/mol. The number of hydrogen-bond donors (Lipinski definition) is 0. The highest BCUT2D eigenvalue weighted by Gasteiger charge is 2.31. The summed E-state index contributed by atoms with van der Waals surface area (Å²) in [6.07, 6.45) is 1.92. The molecule has 1 aromatic rings. The molecule has 0 spiro atoms. The van der Waals surface area contributed by atoms with E-state index in [9.17, 15) is 4.79 Å². The molecule has 1 atom stereocenters. The highest BCUT2D eigenvalue weighted by Crippen LogP contribution is 2.23. The molecule has 2 rings (SSSR count). The molecule has 3 heteroatoms. The van der Waals surface area contributed by atoms with Crippen molar-refractivity contribution >= 4 is 13.9 Å². The lowest BCUT2D eigenvalue weighted by Gasteiger charge is -2.36. The van der Waals surface area contributed by atoms with Crippen molar-refractivity contribution in [2.45, 2.75) is 39.2 Å². The van der Waals surface area contributed by atoms with E-state index in [4.69, 9.17) is 0 Å². The average Bonchev–Trinajstić information content (AvgIpc) is 2.34. The zero-order valence-corrected chi connectivity index (χ0v) is 13.3. The number of carbonyl (C=O) groups is 1. The summed E-state index contributed by atoms with van der Waals surface area (Å²) in [4.78, 5) is 14.5. The predicted octanol–water partition coefficient (Wildman–Crippen LogP) is 3.26. The summed E-state index contributed by atoms with van der Waals surface area (Å²) in [6.45, 7) is 10.7. The van der Waals surface area contributed by atoms with Crippen LogP contribution in [0.4, 0.5) is 0 Å². The summed E-state index contributed by atoms with van der Waals surface area (Å²) in [6, 6.07) is 10.4. The highest BCUT2D eigenvalue weighted by atomic mass is 28.3. The van der Waals surface area contributed by atoms with Crippen LogP contribution in [-0.4, -0.2) is 31.3 Å². The standard InChI is InChI=1S/C16H23NOSi/c1-13-16(18)10-15(19(2,3)4)12-17(13)11-14-8-6-5-7-9-14/h5-10,13H,11-12H2,1-4H3. The second-order valence-electron chi connectivity index (χ2n) is 6.39. The van der Waals surface area contributed by atoms with Crippen LogP contribution in [-0.2, 0) is 11.3 Å². The second-order valence-corrected chi connectivity index (χ2v) is 11.5. The van der Waals surface area contributed by atoms with Gasteiger partial charge in [-0.05, 0) is 18.6 Å². The highest BCUT2D eigenvalue weighted by molar-refractivity contribution is 6.83. The zero-order chi connectivity index (χ0) is 14.0. The van der Waals surface area contributed by atoms with Crippen LogP contribution < -0.4 is 0 Å². The van der Waals surface area contributed by atoms with Gasteiger partial charge in [-0.2, -0.15) is 0 Å². The molecule has 1 aliphatic heterocycles. The van der Waals surface area contributed by atoms with Crippen LogP contribution in [0.25, 0.3) is 0 Å². The van der Waals surface area contributed by atoms with Gasteiger partial charge in [0.15, 0.2) is 5.78 Å². The smallest absolute Gasteiger partial charge is 0.172 e. The maximum absolute atomic E-state index is 12.2. The van der Waals surface area contributed by atoms with E-state index in [1.54, 1.807) is 0 Å². The number of hydrogen-bond acceptors (Lipinski definition) is 2. The lowest BCUT2D eigenvalue weighted by atomic mass is 10.1. The Morgan fingerprint density at radius 2 is 1.84 bits per heavy atom. The lowest BCUT2D eigenvalue weighted by Crippen LogP contribution is -2.46.